The van der Waals surface area contributed by atoms with Gasteiger partial charge in [-0.05, 0) is 38.3 Å². The Balaban J connectivity index is 1.73. The molecule has 1 unspecified atom stereocenters. The summed E-state index contributed by atoms with van der Waals surface area (Å²) in [4.78, 5) is 18.4. The lowest BCUT2D eigenvalue weighted by molar-refractivity contribution is -0.122. The third-order valence-electron chi connectivity index (χ3n) is 3.66. The summed E-state index contributed by atoms with van der Waals surface area (Å²) in [5.41, 5.74) is 5.66. The van der Waals surface area contributed by atoms with Crippen molar-refractivity contribution >= 4 is 11.7 Å². The number of carbonyl (C=O) groups excluding carboxylic acids is 1. The monoisotopic (exact) mass is 276 g/mol. The molecule has 0 aliphatic carbocycles. The van der Waals surface area contributed by atoms with Gasteiger partial charge in [-0.25, -0.2) is 4.98 Å². The molecular weight excluding hydrogens is 252 g/mol. The Bertz CT molecular complexity index is 413. The van der Waals surface area contributed by atoms with Crippen molar-refractivity contribution in [3.8, 4) is 0 Å². The Morgan fingerprint density at radius 3 is 2.85 bits per heavy atom. The van der Waals surface area contributed by atoms with Gasteiger partial charge in [-0.2, -0.15) is 0 Å². The predicted octanol–water partition coefficient (Wildman–Crippen LogP) is 1.29. The van der Waals surface area contributed by atoms with Crippen molar-refractivity contribution in [1.29, 1.82) is 0 Å². The molecule has 1 aliphatic rings. The molecule has 110 valence electrons. The number of hydrogen-bond donors (Lipinski definition) is 2. The topological polar surface area (TPSA) is 71.2 Å². The SMILES string of the molecule is CC(N)CCC(=O)NC1CCN(c2ccccn2)CC1. The van der Waals surface area contributed by atoms with Crippen LogP contribution in [0, 0.1) is 0 Å². The molecule has 0 bridgehead atoms. The first-order valence-corrected chi connectivity index (χ1v) is 7.36. The lowest BCUT2D eigenvalue weighted by atomic mass is 10.0. The summed E-state index contributed by atoms with van der Waals surface area (Å²) in [6, 6.07) is 6.34. The van der Waals surface area contributed by atoms with Crippen molar-refractivity contribution < 1.29 is 4.79 Å². The number of nitrogens with one attached hydrogen (secondary N) is 1. The van der Waals surface area contributed by atoms with E-state index in [0.29, 0.717) is 6.42 Å². The van der Waals surface area contributed by atoms with Gasteiger partial charge in [-0.15, -0.1) is 0 Å². The van der Waals surface area contributed by atoms with E-state index in [9.17, 15) is 4.79 Å². The minimum absolute atomic E-state index is 0.0896. The first-order valence-electron chi connectivity index (χ1n) is 7.36. The standard InChI is InChI=1S/C15H24N4O/c1-12(16)5-6-15(20)18-13-7-10-19(11-8-13)14-4-2-3-9-17-14/h2-4,9,12-13H,5-8,10-11,16H2,1H3,(H,18,20). The molecule has 0 aromatic carbocycles. The summed E-state index contributed by atoms with van der Waals surface area (Å²) in [5.74, 6) is 1.15. The molecule has 1 aliphatic heterocycles. The Hall–Kier alpha value is -1.62. The smallest absolute Gasteiger partial charge is 0.220 e. The molecule has 1 aromatic rings. The van der Waals surface area contributed by atoms with E-state index in [1.54, 1.807) is 0 Å². The highest BCUT2D eigenvalue weighted by molar-refractivity contribution is 5.76. The first-order chi connectivity index (χ1) is 9.65. The van der Waals surface area contributed by atoms with E-state index in [1.807, 2.05) is 31.3 Å². The fourth-order valence-electron chi connectivity index (χ4n) is 2.45. The molecule has 1 amide bonds. The van der Waals surface area contributed by atoms with Crippen LogP contribution >= 0.6 is 0 Å². The predicted molar refractivity (Wildman–Crippen MR) is 80.5 cm³/mol. The maximum absolute atomic E-state index is 11.8. The van der Waals surface area contributed by atoms with Crippen molar-refractivity contribution in [1.82, 2.24) is 10.3 Å². The molecule has 0 radical (unpaired) electrons. The van der Waals surface area contributed by atoms with E-state index in [4.69, 9.17) is 5.73 Å². The normalized spacial score (nSPS) is 17.8. The van der Waals surface area contributed by atoms with Crippen LogP contribution in [0.2, 0.25) is 0 Å². The number of carbonyl (C=O) groups is 1. The van der Waals surface area contributed by atoms with Gasteiger partial charge in [-0.1, -0.05) is 6.07 Å². The van der Waals surface area contributed by atoms with Crippen LogP contribution in [0.15, 0.2) is 24.4 Å². The average molecular weight is 276 g/mol. The molecule has 2 heterocycles. The van der Waals surface area contributed by atoms with Crippen molar-refractivity contribution in [2.45, 2.75) is 44.7 Å². The van der Waals surface area contributed by atoms with Crippen LogP contribution < -0.4 is 16.0 Å². The van der Waals surface area contributed by atoms with Crippen molar-refractivity contribution in [3.63, 3.8) is 0 Å². The third-order valence-corrected chi connectivity index (χ3v) is 3.66. The summed E-state index contributed by atoms with van der Waals surface area (Å²) >= 11 is 0. The number of rotatable bonds is 5. The van der Waals surface area contributed by atoms with E-state index in [1.165, 1.54) is 0 Å². The number of pyridine rings is 1. The fraction of sp³-hybridized carbons (Fsp3) is 0.600. The third kappa shape index (κ3) is 4.49. The second-order valence-corrected chi connectivity index (χ2v) is 5.53. The Kier molecular flexibility index (Phi) is 5.35. The zero-order valence-electron chi connectivity index (χ0n) is 12.1. The van der Waals surface area contributed by atoms with Gasteiger partial charge in [0.25, 0.3) is 0 Å². The fourth-order valence-corrected chi connectivity index (χ4v) is 2.45. The molecule has 5 heteroatoms. The highest BCUT2D eigenvalue weighted by Gasteiger charge is 2.21. The maximum Gasteiger partial charge on any atom is 0.220 e. The van der Waals surface area contributed by atoms with Gasteiger partial charge in [0.2, 0.25) is 5.91 Å². The second kappa shape index (κ2) is 7.24. The Morgan fingerprint density at radius 1 is 1.50 bits per heavy atom. The molecule has 1 aromatic heterocycles. The zero-order chi connectivity index (χ0) is 14.4. The van der Waals surface area contributed by atoms with Gasteiger partial charge in [0, 0.05) is 37.8 Å². The van der Waals surface area contributed by atoms with Crippen molar-refractivity contribution in [2.24, 2.45) is 5.73 Å². The first kappa shape index (κ1) is 14.8. The molecule has 1 fully saturated rings. The number of piperidine rings is 1. The molecule has 1 saturated heterocycles. The molecule has 0 saturated carbocycles. The zero-order valence-corrected chi connectivity index (χ0v) is 12.1. The summed E-state index contributed by atoms with van der Waals surface area (Å²) in [6.45, 7) is 3.81. The van der Waals surface area contributed by atoms with Crippen LogP contribution in [0.1, 0.15) is 32.6 Å². The second-order valence-electron chi connectivity index (χ2n) is 5.53. The number of amides is 1. The number of aromatic nitrogens is 1. The van der Waals surface area contributed by atoms with E-state index in [2.05, 4.69) is 15.2 Å². The number of nitrogens with two attached hydrogens (primary N) is 1. The highest BCUT2D eigenvalue weighted by atomic mass is 16.1. The quantitative estimate of drug-likeness (QED) is 0.850. The van der Waals surface area contributed by atoms with Crippen LogP contribution in [-0.4, -0.2) is 36.1 Å². The van der Waals surface area contributed by atoms with E-state index < -0.39 is 0 Å². The van der Waals surface area contributed by atoms with E-state index in [0.717, 1.165) is 38.2 Å². The highest BCUT2D eigenvalue weighted by Crippen LogP contribution is 2.17. The van der Waals surface area contributed by atoms with Gasteiger partial charge < -0.3 is 16.0 Å². The number of nitrogens with zero attached hydrogens (tertiary/aromatic N) is 2. The summed E-state index contributed by atoms with van der Waals surface area (Å²) in [7, 11) is 0. The summed E-state index contributed by atoms with van der Waals surface area (Å²) < 4.78 is 0. The largest absolute Gasteiger partial charge is 0.356 e. The summed E-state index contributed by atoms with van der Waals surface area (Å²) in [6.07, 6.45) is 5.04. The minimum atomic E-state index is 0.0896. The molecule has 1 atom stereocenters. The van der Waals surface area contributed by atoms with Gasteiger partial charge in [0.1, 0.15) is 5.82 Å². The number of hydrogen-bond acceptors (Lipinski definition) is 4. The van der Waals surface area contributed by atoms with Gasteiger partial charge in [0.05, 0.1) is 0 Å². The Morgan fingerprint density at radius 2 is 2.25 bits per heavy atom. The number of anilines is 1. The van der Waals surface area contributed by atoms with Crippen LogP contribution in [-0.2, 0) is 4.79 Å². The molecular formula is C15H24N4O. The molecule has 20 heavy (non-hydrogen) atoms. The van der Waals surface area contributed by atoms with Gasteiger partial charge in [0.15, 0.2) is 0 Å². The van der Waals surface area contributed by atoms with Crippen molar-refractivity contribution in [3.05, 3.63) is 24.4 Å². The van der Waals surface area contributed by atoms with Gasteiger partial charge >= 0.3 is 0 Å². The van der Waals surface area contributed by atoms with Crippen LogP contribution in [0.3, 0.4) is 0 Å². The molecule has 5 nitrogen and oxygen atoms in total. The van der Waals surface area contributed by atoms with Crippen LogP contribution in [0.4, 0.5) is 5.82 Å². The van der Waals surface area contributed by atoms with Gasteiger partial charge in [-0.3, -0.25) is 4.79 Å². The Labute approximate surface area is 120 Å². The minimum Gasteiger partial charge on any atom is -0.356 e. The lowest BCUT2D eigenvalue weighted by Gasteiger charge is -2.33. The van der Waals surface area contributed by atoms with Crippen LogP contribution in [0.25, 0.3) is 0 Å². The van der Waals surface area contributed by atoms with E-state index >= 15 is 0 Å². The molecule has 2 rings (SSSR count). The molecule has 0 spiro atoms. The van der Waals surface area contributed by atoms with Crippen LogP contribution in [0.5, 0.6) is 0 Å². The maximum atomic E-state index is 11.8. The molecule has 3 N–H and O–H groups in total. The average Bonchev–Trinajstić information content (AvgIpc) is 2.47. The van der Waals surface area contributed by atoms with E-state index in [-0.39, 0.29) is 18.0 Å². The lowest BCUT2D eigenvalue weighted by Crippen LogP contribution is -2.45. The summed E-state index contributed by atoms with van der Waals surface area (Å²) in [5, 5.41) is 3.10. The van der Waals surface area contributed by atoms with Crippen molar-refractivity contribution in [2.75, 3.05) is 18.0 Å².